The second-order valence-corrected chi connectivity index (χ2v) is 19.6. The van der Waals surface area contributed by atoms with E-state index in [0.29, 0.717) is 25.9 Å². The van der Waals surface area contributed by atoms with Crippen LogP contribution in [0, 0.1) is 0 Å². The van der Waals surface area contributed by atoms with Crippen molar-refractivity contribution in [2.45, 2.75) is 321 Å². The summed E-state index contributed by atoms with van der Waals surface area (Å²) in [7, 11) is 0. The van der Waals surface area contributed by atoms with Crippen LogP contribution in [0.5, 0.6) is 0 Å². The van der Waals surface area contributed by atoms with Gasteiger partial charge in [-0.15, -0.1) is 0 Å². The third-order valence-electron chi connectivity index (χ3n) is 13.3. The first-order chi connectivity index (χ1) is 31.5. The van der Waals surface area contributed by atoms with E-state index >= 15 is 0 Å². The Labute approximate surface area is 399 Å². The molecule has 0 fully saturated rings. The van der Waals surface area contributed by atoms with Crippen LogP contribution in [0.3, 0.4) is 0 Å². The fourth-order valence-corrected chi connectivity index (χ4v) is 8.85. The highest BCUT2D eigenvalue weighted by molar-refractivity contribution is 5.76. The van der Waals surface area contributed by atoms with Crippen molar-refractivity contribution in [2.24, 2.45) is 0 Å². The average Bonchev–Trinajstić information content (AvgIpc) is 3.29. The highest BCUT2D eigenvalue weighted by atomic mass is 16.5. The van der Waals surface area contributed by atoms with Crippen LogP contribution >= 0.6 is 0 Å². The van der Waals surface area contributed by atoms with E-state index in [2.05, 4.69) is 43.5 Å². The van der Waals surface area contributed by atoms with Gasteiger partial charge in [0.05, 0.1) is 25.4 Å². The maximum Gasteiger partial charge on any atom is 0.305 e. The lowest BCUT2D eigenvalue weighted by molar-refractivity contribution is -0.143. The van der Waals surface area contributed by atoms with Crippen molar-refractivity contribution in [2.75, 3.05) is 13.2 Å². The zero-order valence-electron chi connectivity index (χ0n) is 43.0. The molecule has 0 aliphatic rings. The number of carbonyl (C=O) groups excluding carboxylic acids is 2. The molecule has 0 aromatic heterocycles. The minimum Gasteiger partial charge on any atom is -0.466 e. The van der Waals surface area contributed by atoms with Crippen LogP contribution in [0.4, 0.5) is 0 Å². The van der Waals surface area contributed by atoms with Crippen molar-refractivity contribution in [3.63, 3.8) is 0 Å². The predicted octanol–water partition coefficient (Wildman–Crippen LogP) is 17.5. The van der Waals surface area contributed by atoms with Crippen LogP contribution in [0.2, 0.25) is 0 Å². The summed E-state index contributed by atoms with van der Waals surface area (Å²) in [5, 5.41) is 23.3. The number of allylic oxidation sites excluding steroid dienone is 4. The third-order valence-corrected chi connectivity index (χ3v) is 13.3. The minimum absolute atomic E-state index is 0.00836. The van der Waals surface area contributed by atoms with E-state index in [9.17, 15) is 19.8 Å². The fraction of sp³-hybridized carbons (Fsp3) is 0.897. The van der Waals surface area contributed by atoms with E-state index in [-0.39, 0.29) is 18.5 Å². The molecular weight excluding hydrogens is 791 g/mol. The number of amides is 1. The number of hydrogen-bond donors (Lipinski definition) is 3. The summed E-state index contributed by atoms with van der Waals surface area (Å²) >= 11 is 0. The van der Waals surface area contributed by atoms with Crippen LogP contribution < -0.4 is 5.32 Å². The van der Waals surface area contributed by atoms with Gasteiger partial charge in [0.2, 0.25) is 5.91 Å². The Morgan fingerprint density at radius 1 is 0.438 bits per heavy atom. The summed E-state index contributed by atoms with van der Waals surface area (Å²) in [4.78, 5) is 24.5. The van der Waals surface area contributed by atoms with Gasteiger partial charge in [-0.3, -0.25) is 9.59 Å². The van der Waals surface area contributed by atoms with Gasteiger partial charge in [0, 0.05) is 12.8 Å². The number of rotatable bonds is 53. The second kappa shape index (κ2) is 54.0. The summed E-state index contributed by atoms with van der Waals surface area (Å²) < 4.78 is 5.47. The summed E-state index contributed by atoms with van der Waals surface area (Å²) in [6.07, 6.45) is 64.4. The first kappa shape index (κ1) is 62.3. The molecule has 0 rings (SSSR count). The lowest BCUT2D eigenvalue weighted by Crippen LogP contribution is -2.45. The lowest BCUT2D eigenvalue weighted by Gasteiger charge is -2.22. The Bertz CT molecular complexity index is 997. The highest BCUT2D eigenvalue weighted by Crippen LogP contribution is 2.17. The molecule has 0 aliphatic carbocycles. The van der Waals surface area contributed by atoms with Gasteiger partial charge < -0.3 is 20.3 Å². The summed E-state index contributed by atoms with van der Waals surface area (Å²) in [6, 6.07) is -0.545. The Morgan fingerprint density at radius 3 is 1.22 bits per heavy atom. The molecule has 0 radical (unpaired) electrons. The Morgan fingerprint density at radius 2 is 0.781 bits per heavy atom. The zero-order valence-corrected chi connectivity index (χ0v) is 43.0. The predicted molar refractivity (Wildman–Crippen MR) is 278 cm³/mol. The van der Waals surface area contributed by atoms with E-state index in [0.717, 1.165) is 51.4 Å². The SMILES string of the molecule is CCCCC/C=C\C/C=C\CCCCCCCC(=O)OCCCCCCCCCCCCCCCCCCCC(=O)NC(CO)C(O)CCCCCCCCCCCCCCCCC. The molecule has 2 atom stereocenters. The molecule has 6 heteroatoms. The van der Waals surface area contributed by atoms with Crippen molar-refractivity contribution in [3.8, 4) is 0 Å². The molecule has 1 amide bonds. The quantitative estimate of drug-likeness (QED) is 0.0321. The molecule has 0 spiro atoms. The number of aliphatic hydroxyl groups excluding tert-OH is 2. The molecule has 0 saturated carbocycles. The van der Waals surface area contributed by atoms with Crippen LogP contribution in [0.1, 0.15) is 309 Å². The minimum atomic E-state index is -0.668. The monoisotopic (exact) mass is 902 g/mol. The summed E-state index contributed by atoms with van der Waals surface area (Å²) in [5.41, 5.74) is 0. The molecule has 0 aromatic rings. The van der Waals surface area contributed by atoms with E-state index in [1.165, 1.54) is 225 Å². The van der Waals surface area contributed by atoms with Gasteiger partial charge in [-0.25, -0.2) is 0 Å². The molecule has 378 valence electrons. The van der Waals surface area contributed by atoms with E-state index in [1.807, 2.05) is 0 Å². The van der Waals surface area contributed by atoms with Crippen LogP contribution in [-0.4, -0.2) is 47.4 Å². The topological polar surface area (TPSA) is 95.9 Å². The molecule has 64 heavy (non-hydrogen) atoms. The normalized spacial score (nSPS) is 12.8. The molecule has 0 saturated heterocycles. The van der Waals surface area contributed by atoms with Crippen molar-refractivity contribution in [1.82, 2.24) is 5.32 Å². The summed E-state index contributed by atoms with van der Waals surface area (Å²) in [5.74, 6) is -0.0477. The third kappa shape index (κ3) is 49.8. The molecule has 0 heterocycles. The number of ether oxygens (including phenoxy) is 1. The maximum absolute atomic E-state index is 12.5. The largest absolute Gasteiger partial charge is 0.466 e. The molecule has 3 N–H and O–H groups in total. The van der Waals surface area contributed by atoms with Crippen molar-refractivity contribution in [1.29, 1.82) is 0 Å². The van der Waals surface area contributed by atoms with Gasteiger partial charge in [0.1, 0.15) is 0 Å². The second-order valence-electron chi connectivity index (χ2n) is 19.6. The van der Waals surface area contributed by atoms with Crippen LogP contribution in [0.25, 0.3) is 0 Å². The van der Waals surface area contributed by atoms with E-state index in [4.69, 9.17) is 4.74 Å². The molecule has 0 aromatic carbocycles. The number of aliphatic hydroxyl groups is 2. The number of carbonyl (C=O) groups is 2. The Balaban J connectivity index is 3.42. The first-order valence-electron chi connectivity index (χ1n) is 28.6. The standard InChI is InChI=1S/C58H111NO5/c1-3-5-7-9-11-13-15-17-22-26-30-34-38-42-46-50-56(61)55(54-60)59-57(62)51-47-43-39-35-31-27-24-20-19-21-25-29-33-37-41-45-49-53-64-58(63)52-48-44-40-36-32-28-23-18-16-14-12-10-8-6-4-2/h12,14,18,23,55-56,60-61H,3-11,13,15-17,19-22,24-54H2,1-2H3,(H,59,62)/b14-12-,23-18-. The number of nitrogens with one attached hydrogen (secondary N) is 1. The van der Waals surface area contributed by atoms with Gasteiger partial charge in [0.15, 0.2) is 0 Å². The van der Waals surface area contributed by atoms with Crippen molar-refractivity contribution in [3.05, 3.63) is 24.3 Å². The average molecular weight is 903 g/mol. The van der Waals surface area contributed by atoms with Gasteiger partial charge in [-0.2, -0.15) is 0 Å². The fourth-order valence-electron chi connectivity index (χ4n) is 8.85. The van der Waals surface area contributed by atoms with Crippen molar-refractivity contribution < 1.29 is 24.5 Å². The van der Waals surface area contributed by atoms with Crippen LogP contribution in [-0.2, 0) is 14.3 Å². The molecule has 6 nitrogen and oxygen atoms in total. The van der Waals surface area contributed by atoms with E-state index < -0.39 is 12.1 Å². The number of unbranched alkanes of at least 4 members (excludes halogenated alkanes) is 38. The lowest BCUT2D eigenvalue weighted by atomic mass is 10.0. The number of hydrogen-bond acceptors (Lipinski definition) is 5. The Hall–Kier alpha value is -1.66. The zero-order chi connectivity index (χ0) is 46.5. The van der Waals surface area contributed by atoms with Crippen LogP contribution in [0.15, 0.2) is 24.3 Å². The molecular formula is C58H111NO5. The number of esters is 1. The van der Waals surface area contributed by atoms with Crippen molar-refractivity contribution >= 4 is 11.9 Å². The smallest absolute Gasteiger partial charge is 0.305 e. The Kier molecular flexibility index (Phi) is 52.6. The molecule has 0 bridgehead atoms. The van der Waals surface area contributed by atoms with Gasteiger partial charge in [0.25, 0.3) is 0 Å². The van der Waals surface area contributed by atoms with Gasteiger partial charge >= 0.3 is 5.97 Å². The molecule has 2 unspecified atom stereocenters. The maximum atomic E-state index is 12.5. The molecule has 0 aliphatic heterocycles. The first-order valence-corrected chi connectivity index (χ1v) is 28.6. The van der Waals surface area contributed by atoms with Gasteiger partial charge in [-0.05, 0) is 57.8 Å². The van der Waals surface area contributed by atoms with E-state index in [1.54, 1.807) is 0 Å². The highest BCUT2D eigenvalue weighted by Gasteiger charge is 2.20. The summed E-state index contributed by atoms with van der Waals surface area (Å²) in [6.45, 7) is 4.92. The van der Waals surface area contributed by atoms with Gasteiger partial charge in [-0.1, -0.05) is 263 Å².